The molecule has 2 atom stereocenters. The van der Waals surface area contributed by atoms with Gasteiger partial charge < -0.3 is 10.1 Å². The molecule has 2 unspecified atom stereocenters. The SMILES string of the molecule is CCOc1ncnc(C(C)C(CC)NC)c1C. The molecule has 0 aliphatic heterocycles. The molecule has 1 aromatic rings. The van der Waals surface area contributed by atoms with E-state index in [4.69, 9.17) is 4.74 Å². The highest BCUT2D eigenvalue weighted by molar-refractivity contribution is 5.31. The summed E-state index contributed by atoms with van der Waals surface area (Å²) in [7, 11) is 1.99. The van der Waals surface area contributed by atoms with Crippen LogP contribution in [0.4, 0.5) is 0 Å². The van der Waals surface area contributed by atoms with E-state index in [2.05, 4.69) is 29.1 Å². The summed E-state index contributed by atoms with van der Waals surface area (Å²) in [5.74, 6) is 1.06. The predicted molar refractivity (Wildman–Crippen MR) is 69.5 cm³/mol. The smallest absolute Gasteiger partial charge is 0.219 e. The standard InChI is InChI=1S/C13H23N3O/c1-6-11(14-5)9(3)12-10(4)13(17-7-2)16-8-15-12/h8-9,11,14H,6-7H2,1-5H3. The van der Waals surface area contributed by atoms with E-state index in [-0.39, 0.29) is 0 Å². The summed E-state index contributed by atoms with van der Waals surface area (Å²) in [4.78, 5) is 8.58. The highest BCUT2D eigenvalue weighted by Gasteiger charge is 2.20. The van der Waals surface area contributed by atoms with Crippen LogP contribution < -0.4 is 10.1 Å². The second-order valence-electron chi connectivity index (χ2n) is 4.21. The van der Waals surface area contributed by atoms with E-state index in [0.29, 0.717) is 24.4 Å². The van der Waals surface area contributed by atoms with Crippen molar-refractivity contribution in [1.29, 1.82) is 0 Å². The van der Waals surface area contributed by atoms with Gasteiger partial charge in [-0.15, -0.1) is 0 Å². The fourth-order valence-electron chi connectivity index (χ4n) is 2.19. The molecule has 17 heavy (non-hydrogen) atoms. The summed E-state index contributed by atoms with van der Waals surface area (Å²) in [5.41, 5.74) is 2.13. The van der Waals surface area contributed by atoms with Crippen molar-refractivity contribution in [3.8, 4) is 5.88 Å². The molecule has 4 nitrogen and oxygen atoms in total. The number of likely N-dealkylation sites (N-methyl/N-ethyl adjacent to an activating group) is 1. The van der Waals surface area contributed by atoms with Gasteiger partial charge in [0.2, 0.25) is 5.88 Å². The Morgan fingerprint density at radius 3 is 2.59 bits per heavy atom. The van der Waals surface area contributed by atoms with Crippen LogP contribution in [0.3, 0.4) is 0 Å². The summed E-state index contributed by atoms with van der Waals surface area (Å²) >= 11 is 0. The van der Waals surface area contributed by atoms with Crippen molar-refractivity contribution in [2.45, 2.75) is 46.1 Å². The normalized spacial score (nSPS) is 14.4. The minimum absolute atomic E-state index is 0.354. The number of nitrogens with one attached hydrogen (secondary N) is 1. The lowest BCUT2D eigenvalue weighted by atomic mass is 9.93. The van der Waals surface area contributed by atoms with Gasteiger partial charge in [0.15, 0.2) is 0 Å². The van der Waals surface area contributed by atoms with E-state index in [1.165, 1.54) is 0 Å². The maximum atomic E-state index is 5.50. The average molecular weight is 237 g/mol. The van der Waals surface area contributed by atoms with Crippen LogP contribution in [-0.4, -0.2) is 29.7 Å². The zero-order valence-electron chi connectivity index (χ0n) is 11.4. The van der Waals surface area contributed by atoms with Crippen molar-refractivity contribution in [2.75, 3.05) is 13.7 Å². The van der Waals surface area contributed by atoms with Gasteiger partial charge >= 0.3 is 0 Å². The molecular formula is C13H23N3O. The number of ether oxygens (including phenoxy) is 1. The third kappa shape index (κ3) is 3.16. The Labute approximate surface area is 104 Å². The highest BCUT2D eigenvalue weighted by Crippen LogP contribution is 2.26. The van der Waals surface area contributed by atoms with Crippen LogP contribution in [0.5, 0.6) is 5.88 Å². The predicted octanol–water partition coefficient (Wildman–Crippen LogP) is 2.29. The molecule has 1 rings (SSSR count). The van der Waals surface area contributed by atoms with Crippen molar-refractivity contribution in [2.24, 2.45) is 0 Å². The number of hydrogen-bond donors (Lipinski definition) is 1. The van der Waals surface area contributed by atoms with Crippen molar-refractivity contribution in [1.82, 2.24) is 15.3 Å². The fraction of sp³-hybridized carbons (Fsp3) is 0.692. The number of hydrogen-bond acceptors (Lipinski definition) is 4. The molecule has 1 heterocycles. The molecule has 0 saturated carbocycles. The molecule has 1 N–H and O–H groups in total. The van der Waals surface area contributed by atoms with Crippen LogP contribution in [0.15, 0.2) is 6.33 Å². The van der Waals surface area contributed by atoms with E-state index in [1.807, 2.05) is 20.9 Å². The molecule has 0 amide bonds. The minimum atomic E-state index is 0.354. The zero-order valence-corrected chi connectivity index (χ0v) is 11.4. The summed E-state index contributed by atoms with van der Waals surface area (Å²) < 4.78 is 5.50. The first-order chi connectivity index (χ1) is 8.15. The summed E-state index contributed by atoms with van der Waals surface area (Å²) in [5, 5.41) is 3.33. The molecule has 0 saturated heterocycles. The summed E-state index contributed by atoms with van der Waals surface area (Å²) in [6.45, 7) is 8.99. The molecule has 0 aliphatic carbocycles. The third-order valence-electron chi connectivity index (χ3n) is 3.20. The molecule has 96 valence electrons. The maximum Gasteiger partial charge on any atom is 0.219 e. The first-order valence-corrected chi connectivity index (χ1v) is 6.27. The molecule has 0 spiro atoms. The third-order valence-corrected chi connectivity index (χ3v) is 3.20. The van der Waals surface area contributed by atoms with Crippen LogP contribution >= 0.6 is 0 Å². The molecule has 0 bridgehead atoms. The Bertz CT molecular complexity index is 351. The number of rotatable bonds is 6. The van der Waals surface area contributed by atoms with E-state index in [0.717, 1.165) is 17.7 Å². The second kappa shape index (κ2) is 6.55. The lowest BCUT2D eigenvalue weighted by Crippen LogP contribution is -2.30. The minimum Gasteiger partial charge on any atom is -0.478 e. The second-order valence-corrected chi connectivity index (χ2v) is 4.21. The van der Waals surface area contributed by atoms with Crippen molar-refractivity contribution in [3.05, 3.63) is 17.6 Å². The fourth-order valence-corrected chi connectivity index (χ4v) is 2.19. The lowest BCUT2D eigenvalue weighted by Gasteiger charge is -2.23. The molecule has 4 heteroatoms. The molecule has 0 aromatic carbocycles. The van der Waals surface area contributed by atoms with E-state index < -0.39 is 0 Å². The van der Waals surface area contributed by atoms with Gasteiger partial charge in [-0.25, -0.2) is 9.97 Å². The molecular weight excluding hydrogens is 214 g/mol. The van der Waals surface area contributed by atoms with Crippen LogP contribution in [0.2, 0.25) is 0 Å². The van der Waals surface area contributed by atoms with Crippen LogP contribution in [0.1, 0.15) is 44.4 Å². The van der Waals surface area contributed by atoms with Gasteiger partial charge in [-0.3, -0.25) is 0 Å². The lowest BCUT2D eigenvalue weighted by molar-refractivity contribution is 0.321. The van der Waals surface area contributed by atoms with Crippen LogP contribution in [0.25, 0.3) is 0 Å². The van der Waals surface area contributed by atoms with E-state index in [9.17, 15) is 0 Å². The van der Waals surface area contributed by atoms with Crippen molar-refractivity contribution >= 4 is 0 Å². The first kappa shape index (κ1) is 13.9. The van der Waals surface area contributed by atoms with Gasteiger partial charge in [0.05, 0.1) is 12.3 Å². The number of aromatic nitrogens is 2. The Kier molecular flexibility index (Phi) is 5.35. The van der Waals surface area contributed by atoms with Gasteiger partial charge in [0.1, 0.15) is 6.33 Å². The first-order valence-electron chi connectivity index (χ1n) is 6.27. The number of nitrogens with zero attached hydrogens (tertiary/aromatic N) is 2. The summed E-state index contributed by atoms with van der Waals surface area (Å²) in [6, 6.07) is 0.429. The Morgan fingerprint density at radius 2 is 2.06 bits per heavy atom. The Balaban J connectivity index is 3.00. The molecule has 0 fully saturated rings. The van der Waals surface area contributed by atoms with Crippen LogP contribution in [0, 0.1) is 6.92 Å². The van der Waals surface area contributed by atoms with Crippen LogP contribution in [-0.2, 0) is 0 Å². The van der Waals surface area contributed by atoms with E-state index in [1.54, 1.807) is 6.33 Å². The Hall–Kier alpha value is -1.16. The highest BCUT2D eigenvalue weighted by atomic mass is 16.5. The molecule has 0 aliphatic rings. The summed E-state index contributed by atoms with van der Waals surface area (Å²) in [6.07, 6.45) is 2.66. The van der Waals surface area contributed by atoms with Crippen molar-refractivity contribution < 1.29 is 4.74 Å². The van der Waals surface area contributed by atoms with Gasteiger partial charge in [0, 0.05) is 17.5 Å². The monoisotopic (exact) mass is 237 g/mol. The topological polar surface area (TPSA) is 47.0 Å². The van der Waals surface area contributed by atoms with E-state index >= 15 is 0 Å². The zero-order chi connectivity index (χ0) is 12.8. The Morgan fingerprint density at radius 1 is 1.35 bits per heavy atom. The largest absolute Gasteiger partial charge is 0.478 e. The van der Waals surface area contributed by atoms with Gasteiger partial charge in [-0.2, -0.15) is 0 Å². The van der Waals surface area contributed by atoms with Gasteiger partial charge in [-0.1, -0.05) is 13.8 Å². The quantitative estimate of drug-likeness (QED) is 0.824. The average Bonchev–Trinajstić information content (AvgIpc) is 2.33. The van der Waals surface area contributed by atoms with Crippen molar-refractivity contribution in [3.63, 3.8) is 0 Å². The maximum absolute atomic E-state index is 5.50. The molecule has 0 radical (unpaired) electrons. The van der Waals surface area contributed by atoms with Gasteiger partial charge in [-0.05, 0) is 27.3 Å². The van der Waals surface area contributed by atoms with Gasteiger partial charge in [0.25, 0.3) is 0 Å². The molecule has 1 aromatic heterocycles.